The molecule has 1 aromatic carbocycles. The average Bonchev–Trinajstić information content (AvgIpc) is 2.39. The third-order valence-electron chi connectivity index (χ3n) is 2.75. The molecule has 0 saturated heterocycles. The monoisotopic (exact) mass is 384 g/mol. The Kier molecular flexibility index (Phi) is 6.93. The first-order chi connectivity index (χ1) is 9.34. The zero-order chi connectivity index (χ0) is 15.3. The molecule has 0 bridgehead atoms. The zero-order valence-electron chi connectivity index (χ0n) is 11.6. The summed E-state index contributed by atoms with van der Waals surface area (Å²) in [5, 5.41) is 2.82. The van der Waals surface area contributed by atoms with Crippen molar-refractivity contribution < 1.29 is 12.8 Å². The standard InChI is InChI=1S/C12H18BrFN2O2S2/c1-15-8-9-6-10(13)7-11(12(9)14)20(17,18)16(2)4-5-19-3/h6-7,15H,4-5,8H2,1-3H3. The van der Waals surface area contributed by atoms with Gasteiger partial charge >= 0.3 is 0 Å². The Bertz CT molecular complexity index is 567. The van der Waals surface area contributed by atoms with Crippen LogP contribution in [0.15, 0.2) is 21.5 Å². The number of nitrogens with one attached hydrogen (secondary N) is 1. The van der Waals surface area contributed by atoms with Gasteiger partial charge < -0.3 is 5.32 Å². The van der Waals surface area contributed by atoms with Crippen LogP contribution in [0.2, 0.25) is 0 Å². The Morgan fingerprint density at radius 3 is 2.65 bits per heavy atom. The number of rotatable bonds is 7. The van der Waals surface area contributed by atoms with Crippen molar-refractivity contribution in [2.24, 2.45) is 0 Å². The van der Waals surface area contributed by atoms with E-state index in [0.29, 0.717) is 22.3 Å². The van der Waals surface area contributed by atoms with Crippen molar-refractivity contribution in [3.63, 3.8) is 0 Å². The van der Waals surface area contributed by atoms with Crippen molar-refractivity contribution in [2.45, 2.75) is 11.4 Å². The van der Waals surface area contributed by atoms with E-state index >= 15 is 0 Å². The van der Waals surface area contributed by atoms with E-state index in [1.165, 1.54) is 17.4 Å². The fourth-order valence-electron chi connectivity index (χ4n) is 1.63. The van der Waals surface area contributed by atoms with Crippen molar-refractivity contribution in [1.29, 1.82) is 0 Å². The van der Waals surface area contributed by atoms with Crippen molar-refractivity contribution >= 4 is 37.7 Å². The van der Waals surface area contributed by atoms with E-state index in [0.717, 1.165) is 0 Å². The van der Waals surface area contributed by atoms with Gasteiger partial charge in [-0.25, -0.2) is 17.1 Å². The summed E-state index contributed by atoms with van der Waals surface area (Å²) in [7, 11) is -0.676. The summed E-state index contributed by atoms with van der Waals surface area (Å²) in [5.74, 6) is -0.0344. The molecule has 1 N–H and O–H groups in total. The molecule has 0 atom stereocenters. The van der Waals surface area contributed by atoms with Crippen LogP contribution in [0.1, 0.15) is 5.56 Å². The molecule has 8 heteroatoms. The highest BCUT2D eigenvalue weighted by Gasteiger charge is 2.26. The molecular weight excluding hydrogens is 367 g/mol. The average molecular weight is 385 g/mol. The largest absolute Gasteiger partial charge is 0.316 e. The molecule has 0 aliphatic carbocycles. The summed E-state index contributed by atoms with van der Waals surface area (Å²) in [4.78, 5) is -0.291. The van der Waals surface area contributed by atoms with E-state index in [2.05, 4.69) is 21.2 Å². The highest BCUT2D eigenvalue weighted by Crippen LogP contribution is 2.26. The molecule has 0 aliphatic rings. The van der Waals surface area contributed by atoms with Gasteiger partial charge in [-0.3, -0.25) is 0 Å². The number of hydrogen-bond donors (Lipinski definition) is 1. The van der Waals surface area contributed by atoms with Crippen LogP contribution in [0.3, 0.4) is 0 Å². The van der Waals surface area contributed by atoms with Crippen molar-refractivity contribution in [2.75, 3.05) is 32.6 Å². The van der Waals surface area contributed by atoms with Gasteiger partial charge in [0.2, 0.25) is 10.0 Å². The van der Waals surface area contributed by atoms with E-state index in [1.54, 1.807) is 24.9 Å². The van der Waals surface area contributed by atoms with Crippen molar-refractivity contribution in [3.8, 4) is 0 Å². The van der Waals surface area contributed by atoms with E-state index in [1.807, 2.05) is 6.26 Å². The number of halogens is 2. The fourth-order valence-corrected chi connectivity index (χ4v) is 4.16. The third-order valence-corrected chi connectivity index (χ3v) is 5.65. The van der Waals surface area contributed by atoms with Gasteiger partial charge in [0.05, 0.1) is 0 Å². The lowest BCUT2D eigenvalue weighted by Gasteiger charge is -2.18. The highest BCUT2D eigenvalue weighted by molar-refractivity contribution is 9.10. The van der Waals surface area contributed by atoms with Crippen LogP contribution in [-0.2, 0) is 16.6 Å². The normalized spacial score (nSPS) is 12.1. The van der Waals surface area contributed by atoms with Crippen LogP contribution < -0.4 is 5.32 Å². The molecular formula is C12H18BrFN2O2S2. The lowest BCUT2D eigenvalue weighted by atomic mass is 10.2. The Balaban J connectivity index is 3.24. The molecule has 0 unspecified atom stereocenters. The molecule has 0 fully saturated rings. The summed E-state index contributed by atoms with van der Waals surface area (Å²) >= 11 is 4.77. The van der Waals surface area contributed by atoms with Gasteiger partial charge in [-0.15, -0.1) is 0 Å². The summed E-state index contributed by atoms with van der Waals surface area (Å²) in [6.07, 6.45) is 1.89. The first-order valence-corrected chi connectivity index (χ1v) is 9.55. The molecule has 20 heavy (non-hydrogen) atoms. The van der Waals surface area contributed by atoms with Gasteiger partial charge in [0.25, 0.3) is 0 Å². The number of thioether (sulfide) groups is 1. The highest BCUT2D eigenvalue weighted by atomic mass is 79.9. The molecule has 0 spiro atoms. The quantitative estimate of drug-likeness (QED) is 0.783. The minimum Gasteiger partial charge on any atom is -0.316 e. The summed E-state index contributed by atoms with van der Waals surface area (Å²) in [6, 6.07) is 2.88. The molecule has 0 aliphatic heterocycles. The topological polar surface area (TPSA) is 49.4 Å². The van der Waals surface area contributed by atoms with Crippen molar-refractivity contribution in [3.05, 3.63) is 28.0 Å². The minimum absolute atomic E-state index is 0.266. The third kappa shape index (κ3) is 4.17. The van der Waals surface area contributed by atoms with Crippen LogP contribution in [0, 0.1) is 5.82 Å². The lowest BCUT2D eigenvalue weighted by molar-refractivity contribution is 0.477. The smallest absolute Gasteiger partial charge is 0.245 e. The molecule has 0 saturated carbocycles. The second-order valence-corrected chi connectivity index (χ2v) is 8.14. The maximum absolute atomic E-state index is 14.3. The Morgan fingerprint density at radius 1 is 1.45 bits per heavy atom. The van der Waals surface area contributed by atoms with Gasteiger partial charge in [0.1, 0.15) is 10.7 Å². The van der Waals surface area contributed by atoms with E-state index < -0.39 is 15.8 Å². The molecule has 0 heterocycles. The zero-order valence-corrected chi connectivity index (χ0v) is 14.8. The predicted octanol–water partition coefficient (Wildman–Crippen LogP) is 2.29. The van der Waals surface area contributed by atoms with Gasteiger partial charge in [-0.1, -0.05) is 15.9 Å². The molecule has 0 amide bonds. The van der Waals surface area contributed by atoms with Crippen LogP contribution in [0.4, 0.5) is 4.39 Å². The van der Waals surface area contributed by atoms with Gasteiger partial charge in [-0.05, 0) is 25.4 Å². The van der Waals surface area contributed by atoms with E-state index in [-0.39, 0.29) is 11.4 Å². The molecule has 0 aromatic heterocycles. The number of sulfonamides is 1. The fraction of sp³-hybridized carbons (Fsp3) is 0.500. The van der Waals surface area contributed by atoms with Gasteiger partial charge in [0, 0.05) is 35.9 Å². The van der Waals surface area contributed by atoms with Crippen LogP contribution in [-0.4, -0.2) is 45.4 Å². The number of benzene rings is 1. The maximum atomic E-state index is 14.3. The Hall–Kier alpha value is -0.150. The van der Waals surface area contributed by atoms with Crippen LogP contribution in [0.5, 0.6) is 0 Å². The van der Waals surface area contributed by atoms with Gasteiger partial charge in [-0.2, -0.15) is 11.8 Å². The molecule has 0 radical (unpaired) electrons. The van der Waals surface area contributed by atoms with Gasteiger partial charge in [0.15, 0.2) is 0 Å². The molecule has 4 nitrogen and oxygen atoms in total. The molecule has 114 valence electrons. The predicted molar refractivity (Wildman–Crippen MR) is 85.1 cm³/mol. The minimum atomic E-state index is -3.82. The number of nitrogens with zero attached hydrogens (tertiary/aromatic N) is 1. The van der Waals surface area contributed by atoms with E-state index in [4.69, 9.17) is 0 Å². The maximum Gasteiger partial charge on any atom is 0.245 e. The van der Waals surface area contributed by atoms with Crippen molar-refractivity contribution in [1.82, 2.24) is 9.62 Å². The Morgan fingerprint density at radius 2 is 2.10 bits per heavy atom. The molecule has 1 aromatic rings. The summed E-state index contributed by atoms with van der Waals surface area (Å²) < 4.78 is 40.9. The number of hydrogen-bond acceptors (Lipinski definition) is 4. The Labute approximate surface area is 132 Å². The van der Waals surface area contributed by atoms with Crippen LogP contribution >= 0.6 is 27.7 Å². The second kappa shape index (κ2) is 7.74. The van der Waals surface area contributed by atoms with Crippen LogP contribution in [0.25, 0.3) is 0 Å². The summed E-state index contributed by atoms with van der Waals surface area (Å²) in [5.41, 5.74) is 0.318. The van der Waals surface area contributed by atoms with E-state index in [9.17, 15) is 12.8 Å². The molecule has 1 rings (SSSR count). The summed E-state index contributed by atoms with van der Waals surface area (Å²) in [6.45, 7) is 0.610. The first-order valence-electron chi connectivity index (χ1n) is 5.92. The SMILES string of the molecule is CNCc1cc(Br)cc(S(=O)(=O)N(C)CCSC)c1F. The first kappa shape index (κ1) is 17.9. The second-order valence-electron chi connectivity index (χ2n) is 4.23. The lowest BCUT2D eigenvalue weighted by Crippen LogP contribution is -2.30.